The van der Waals surface area contributed by atoms with E-state index in [1.807, 2.05) is 0 Å². The molecular formula is C20H28BrNO6. The fourth-order valence-corrected chi connectivity index (χ4v) is 2.48. The number of halogens is 1. The first kappa shape index (κ1) is 23.9. The highest BCUT2D eigenvalue weighted by atomic mass is 79.9. The fraction of sp³-hybridized carbons (Fsp3) is 0.550. The van der Waals surface area contributed by atoms with E-state index in [1.54, 1.807) is 65.8 Å². The number of benzene rings is 1. The summed E-state index contributed by atoms with van der Waals surface area (Å²) < 4.78 is 16.4. The maximum atomic E-state index is 12.8. The zero-order valence-electron chi connectivity index (χ0n) is 17.4. The third-order valence-electron chi connectivity index (χ3n) is 3.31. The molecule has 1 unspecified atom stereocenters. The van der Waals surface area contributed by atoms with Crippen LogP contribution >= 0.6 is 15.9 Å². The van der Waals surface area contributed by atoms with Crippen molar-refractivity contribution < 1.29 is 28.6 Å². The summed E-state index contributed by atoms with van der Waals surface area (Å²) in [6.45, 7) is 10.0. The summed E-state index contributed by atoms with van der Waals surface area (Å²) in [6.07, 6.45) is -1.90. The van der Waals surface area contributed by atoms with Gasteiger partial charge in [0.25, 0.3) is 0 Å². The number of nitrogens with zero attached hydrogens (tertiary/aromatic N) is 1. The highest BCUT2D eigenvalue weighted by Gasteiger charge is 2.41. The van der Waals surface area contributed by atoms with E-state index in [2.05, 4.69) is 15.9 Å². The monoisotopic (exact) mass is 457 g/mol. The maximum Gasteiger partial charge on any atom is 0.420 e. The Bertz CT molecular complexity index is 675. The number of rotatable bonds is 4. The molecule has 0 fully saturated rings. The van der Waals surface area contributed by atoms with E-state index in [0.717, 1.165) is 10.0 Å². The van der Waals surface area contributed by atoms with Crippen molar-refractivity contribution in [1.29, 1.82) is 0 Å². The van der Waals surface area contributed by atoms with Crippen molar-refractivity contribution in [1.82, 2.24) is 4.90 Å². The lowest BCUT2D eigenvalue weighted by atomic mass is 10.1. The first-order chi connectivity index (χ1) is 12.7. The third-order valence-corrected chi connectivity index (χ3v) is 3.84. The van der Waals surface area contributed by atoms with Crippen LogP contribution in [0.2, 0.25) is 0 Å². The van der Waals surface area contributed by atoms with Crippen LogP contribution in [0.15, 0.2) is 28.7 Å². The van der Waals surface area contributed by atoms with Crippen LogP contribution in [0.1, 0.15) is 47.1 Å². The average Bonchev–Trinajstić information content (AvgIpc) is 2.52. The van der Waals surface area contributed by atoms with Crippen LogP contribution in [-0.4, -0.2) is 47.4 Å². The van der Waals surface area contributed by atoms with E-state index < -0.39 is 35.4 Å². The number of hydrogen-bond acceptors (Lipinski definition) is 6. The molecule has 0 aromatic heterocycles. The number of hydrogen-bond donors (Lipinski definition) is 0. The van der Waals surface area contributed by atoms with Gasteiger partial charge in [-0.05, 0) is 59.2 Å². The number of esters is 1. The van der Waals surface area contributed by atoms with Gasteiger partial charge in [0.2, 0.25) is 0 Å². The van der Waals surface area contributed by atoms with E-state index in [9.17, 15) is 14.4 Å². The van der Waals surface area contributed by atoms with Gasteiger partial charge in [0.1, 0.15) is 17.2 Å². The van der Waals surface area contributed by atoms with E-state index >= 15 is 0 Å². The highest BCUT2D eigenvalue weighted by Crippen LogP contribution is 2.21. The molecule has 0 spiro atoms. The predicted molar refractivity (Wildman–Crippen MR) is 108 cm³/mol. The Balaban J connectivity index is 3.31. The summed E-state index contributed by atoms with van der Waals surface area (Å²) in [7, 11) is 1.19. The standard InChI is InChI=1S/C20H28BrNO6/c1-19(2,3)27-17(24)22(18(25)28-20(4,5)6)15(16(23)26-7)12-13-8-10-14(21)11-9-13/h8-11,15H,12H2,1-7H3. The summed E-state index contributed by atoms with van der Waals surface area (Å²) in [5.74, 6) is -0.750. The molecule has 28 heavy (non-hydrogen) atoms. The van der Waals surface area contributed by atoms with Gasteiger partial charge in [-0.15, -0.1) is 0 Å². The summed E-state index contributed by atoms with van der Waals surface area (Å²) in [5.41, 5.74) is -0.999. The smallest absolute Gasteiger partial charge is 0.420 e. The SMILES string of the molecule is COC(=O)C(Cc1ccc(Br)cc1)N(C(=O)OC(C)(C)C)C(=O)OC(C)(C)C. The minimum absolute atomic E-state index is 0.0540. The Labute approximate surface area is 174 Å². The van der Waals surface area contributed by atoms with Gasteiger partial charge in [0, 0.05) is 10.9 Å². The van der Waals surface area contributed by atoms with Crippen LogP contribution < -0.4 is 0 Å². The molecule has 8 heteroatoms. The van der Waals surface area contributed by atoms with Crippen molar-refractivity contribution >= 4 is 34.1 Å². The normalized spacial score (nSPS) is 12.7. The van der Waals surface area contributed by atoms with Gasteiger partial charge in [0.15, 0.2) is 0 Å². The van der Waals surface area contributed by atoms with Crippen molar-refractivity contribution in [2.45, 2.75) is 65.2 Å². The molecule has 2 amide bonds. The van der Waals surface area contributed by atoms with Gasteiger partial charge in [0.05, 0.1) is 7.11 Å². The van der Waals surface area contributed by atoms with E-state index in [-0.39, 0.29) is 6.42 Å². The highest BCUT2D eigenvalue weighted by molar-refractivity contribution is 9.10. The average molecular weight is 458 g/mol. The third kappa shape index (κ3) is 7.88. The molecular weight excluding hydrogens is 430 g/mol. The van der Waals surface area contributed by atoms with Crippen molar-refractivity contribution in [3.8, 4) is 0 Å². The van der Waals surface area contributed by atoms with E-state index in [1.165, 1.54) is 7.11 Å². The largest absolute Gasteiger partial charge is 0.467 e. The fourth-order valence-electron chi connectivity index (χ4n) is 2.21. The van der Waals surface area contributed by atoms with Crippen LogP contribution in [0.3, 0.4) is 0 Å². The molecule has 7 nitrogen and oxygen atoms in total. The summed E-state index contributed by atoms with van der Waals surface area (Å²) in [5, 5.41) is 0. The molecule has 1 rings (SSSR count). The zero-order chi connectivity index (χ0) is 21.7. The van der Waals surface area contributed by atoms with Crippen molar-refractivity contribution in [3.05, 3.63) is 34.3 Å². The molecule has 1 atom stereocenters. The van der Waals surface area contributed by atoms with Gasteiger partial charge < -0.3 is 14.2 Å². The molecule has 0 radical (unpaired) electrons. The molecule has 0 aliphatic rings. The summed E-state index contributed by atoms with van der Waals surface area (Å²) in [6, 6.07) is 5.92. The zero-order valence-corrected chi connectivity index (χ0v) is 19.0. The van der Waals surface area contributed by atoms with Crippen LogP contribution in [-0.2, 0) is 25.4 Å². The van der Waals surface area contributed by atoms with E-state index in [4.69, 9.17) is 14.2 Å². The first-order valence-corrected chi connectivity index (χ1v) is 9.60. The number of carbonyl (C=O) groups is 3. The molecule has 0 saturated carbocycles. The minimum Gasteiger partial charge on any atom is -0.467 e. The Morgan fingerprint density at radius 1 is 0.929 bits per heavy atom. The second kappa shape index (κ2) is 9.41. The Kier molecular flexibility index (Phi) is 8.05. The van der Waals surface area contributed by atoms with Gasteiger partial charge in [-0.3, -0.25) is 0 Å². The lowest BCUT2D eigenvalue weighted by Crippen LogP contribution is -2.53. The van der Waals surface area contributed by atoms with Gasteiger partial charge >= 0.3 is 18.2 Å². The Hall–Kier alpha value is -2.09. The molecule has 1 aromatic rings. The number of carbonyl (C=O) groups excluding carboxylic acids is 3. The van der Waals surface area contributed by atoms with Crippen LogP contribution in [0.4, 0.5) is 9.59 Å². The number of amides is 2. The predicted octanol–water partition coefficient (Wildman–Crippen LogP) is 4.71. The lowest BCUT2D eigenvalue weighted by molar-refractivity contribution is -0.146. The van der Waals surface area contributed by atoms with Gasteiger partial charge in [-0.25, -0.2) is 14.4 Å². The molecule has 0 bridgehead atoms. The molecule has 0 N–H and O–H groups in total. The van der Waals surface area contributed by atoms with Crippen molar-refractivity contribution in [2.24, 2.45) is 0 Å². The molecule has 156 valence electrons. The van der Waals surface area contributed by atoms with Gasteiger partial charge in [-0.2, -0.15) is 4.90 Å². The number of imide groups is 1. The van der Waals surface area contributed by atoms with Crippen LogP contribution in [0.5, 0.6) is 0 Å². The quantitative estimate of drug-likeness (QED) is 0.480. The molecule has 0 saturated heterocycles. The minimum atomic E-state index is -1.24. The molecule has 0 aliphatic heterocycles. The van der Waals surface area contributed by atoms with Crippen LogP contribution in [0, 0.1) is 0 Å². The Morgan fingerprint density at radius 3 is 1.71 bits per heavy atom. The lowest BCUT2D eigenvalue weighted by Gasteiger charge is -2.32. The summed E-state index contributed by atoms with van der Waals surface area (Å²) in [4.78, 5) is 38.7. The van der Waals surface area contributed by atoms with Crippen LogP contribution in [0.25, 0.3) is 0 Å². The van der Waals surface area contributed by atoms with Gasteiger partial charge in [-0.1, -0.05) is 28.1 Å². The second-order valence-corrected chi connectivity index (χ2v) is 9.12. The summed E-state index contributed by atoms with van der Waals surface area (Å²) >= 11 is 3.35. The number of methoxy groups -OCH3 is 1. The van der Waals surface area contributed by atoms with Crippen molar-refractivity contribution in [2.75, 3.05) is 7.11 Å². The molecule has 1 aromatic carbocycles. The Morgan fingerprint density at radius 2 is 1.36 bits per heavy atom. The van der Waals surface area contributed by atoms with E-state index in [0.29, 0.717) is 4.90 Å². The first-order valence-electron chi connectivity index (χ1n) is 8.81. The number of ether oxygens (including phenoxy) is 3. The molecule has 0 heterocycles. The topological polar surface area (TPSA) is 82.1 Å². The molecule has 0 aliphatic carbocycles. The second-order valence-electron chi connectivity index (χ2n) is 8.20. The maximum absolute atomic E-state index is 12.8. The van der Waals surface area contributed by atoms with Crippen molar-refractivity contribution in [3.63, 3.8) is 0 Å².